The lowest BCUT2D eigenvalue weighted by Crippen LogP contribution is -2.52. The minimum atomic E-state index is -4.17. The van der Waals surface area contributed by atoms with Crippen molar-refractivity contribution in [1.29, 1.82) is 0 Å². The monoisotopic (exact) mass is 758 g/mol. The number of carbonyl (C=O) groups excluding carboxylic acids is 1. The third-order valence-corrected chi connectivity index (χ3v) is 12.9. The highest BCUT2D eigenvalue weighted by Gasteiger charge is 2.40. The number of imidazole rings is 1. The number of nitrogens with one attached hydrogen (secondary N) is 1. The van der Waals surface area contributed by atoms with Gasteiger partial charge in [0.15, 0.2) is 0 Å². The molecule has 9 nitrogen and oxygen atoms in total. The summed E-state index contributed by atoms with van der Waals surface area (Å²) in [6.45, 7) is 3.59. The highest BCUT2D eigenvalue weighted by Crippen LogP contribution is 2.42. The fraction of sp³-hybridized carbons (Fsp3) is 0.256. The second kappa shape index (κ2) is 16.1. The van der Waals surface area contributed by atoms with E-state index < -0.39 is 21.6 Å². The van der Waals surface area contributed by atoms with Gasteiger partial charge in [0.1, 0.15) is 16.5 Å². The molecule has 3 heterocycles. The molecule has 54 heavy (non-hydrogen) atoms. The van der Waals surface area contributed by atoms with Crippen LogP contribution in [0.4, 0.5) is 5.69 Å². The van der Waals surface area contributed by atoms with Crippen LogP contribution in [0.15, 0.2) is 138 Å². The van der Waals surface area contributed by atoms with Gasteiger partial charge in [-0.25, -0.2) is 18.4 Å². The van der Waals surface area contributed by atoms with Gasteiger partial charge in [0.05, 0.1) is 17.7 Å². The molecule has 2 aromatic heterocycles. The number of benzene rings is 4. The van der Waals surface area contributed by atoms with Crippen LogP contribution >= 0.6 is 11.3 Å². The maximum atomic E-state index is 14.1. The summed E-state index contributed by atoms with van der Waals surface area (Å²) in [4.78, 5) is 19.9. The number of hydrazine groups is 1. The molecule has 11 heteroatoms. The van der Waals surface area contributed by atoms with E-state index in [2.05, 4.69) is 89.0 Å². The number of amides is 1. The van der Waals surface area contributed by atoms with Gasteiger partial charge >= 0.3 is 0 Å². The maximum absolute atomic E-state index is 14.1. The number of nitrogens with two attached hydrogens (primary N) is 1. The van der Waals surface area contributed by atoms with Gasteiger partial charge in [-0.05, 0) is 73.2 Å². The molecule has 1 saturated heterocycles. The van der Waals surface area contributed by atoms with Crippen LogP contribution in [0.5, 0.6) is 0 Å². The van der Waals surface area contributed by atoms with Crippen molar-refractivity contribution in [2.24, 2.45) is 0 Å². The lowest BCUT2D eigenvalue weighted by atomic mass is 9.76. The number of nitrogen functional groups attached to an aromatic ring is 1. The summed E-state index contributed by atoms with van der Waals surface area (Å²) >= 11 is 1.49. The van der Waals surface area contributed by atoms with E-state index in [0.717, 1.165) is 58.9 Å². The van der Waals surface area contributed by atoms with Crippen LogP contribution in [0, 0.1) is 6.92 Å². The zero-order valence-electron chi connectivity index (χ0n) is 30.6. The Kier molecular flexibility index (Phi) is 11.1. The first-order valence-corrected chi connectivity index (χ1v) is 20.7. The number of para-hydroxylation sites is 1. The van der Waals surface area contributed by atoms with E-state index in [1.165, 1.54) is 17.4 Å². The SMILES string of the molecule is Cc1c(CCC[C@H](NS(=O)(=O)c2cccc(-c3cccs3)c2N)C(=O)N(C)N2CCCC2)ncn1C(c1ccccc1)(c1ccccc1)c1ccccc1. The lowest BCUT2D eigenvalue weighted by molar-refractivity contribution is -0.146. The summed E-state index contributed by atoms with van der Waals surface area (Å²) in [5.41, 5.74) is 11.8. The molecule has 0 unspecified atom stereocenters. The molecular weight excluding hydrogens is 713 g/mol. The minimum absolute atomic E-state index is 0.0383. The number of aryl methyl sites for hydroxylation is 1. The van der Waals surface area contributed by atoms with E-state index in [-0.39, 0.29) is 22.9 Å². The molecule has 0 aliphatic carbocycles. The second-order valence-corrected chi connectivity index (χ2v) is 16.4. The molecule has 0 spiro atoms. The zero-order chi connectivity index (χ0) is 37.7. The Bertz CT molecular complexity index is 2180. The zero-order valence-corrected chi connectivity index (χ0v) is 32.3. The largest absolute Gasteiger partial charge is 0.397 e. The second-order valence-electron chi connectivity index (χ2n) is 13.7. The number of sulfonamides is 1. The lowest BCUT2D eigenvalue weighted by Gasteiger charge is -2.38. The highest BCUT2D eigenvalue weighted by molar-refractivity contribution is 7.89. The van der Waals surface area contributed by atoms with Gasteiger partial charge in [-0.15, -0.1) is 11.3 Å². The maximum Gasteiger partial charge on any atom is 0.254 e. The Morgan fingerprint density at radius 2 is 1.46 bits per heavy atom. The first-order valence-electron chi connectivity index (χ1n) is 18.4. The molecule has 3 N–H and O–H groups in total. The number of rotatable bonds is 14. The average Bonchev–Trinajstić information content (AvgIpc) is 4.00. The number of thiophene rings is 1. The van der Waals surface area contributed by atoms with Crippen molar-refractivity contribution >= 4 is 33.0 Å². The molecule has 1 aliphatic heterocycles. The normalized spacial score (nSPS) is 14.3. The average molecular weight is 759 g/mol. The van der Waals surface area contributed by atoms with Gasteiger partial charge < -0.3 is 10.3 Å². The van der Waals surface area contributed by atoms with Crippen LogP contribution in [-0.2, 0) is 26.8 Å². The summed E-state index contributed by atoms with van der Waals surface area (Å²) in [5, 5.41) is 5.49. The Morgan fingerprint density at radius 3 is 2.02 bits per heavy atom. The van der Waals surface area contributed by atoms with Crippen molar-refractivity contribution in [3.63, 3.8) is 0 Å². The number of hydrogen-bond donors (Lipinski definition) is 2. The molecular formula is C43H46N6O3S2. The van der Waals surface area contributed by atoms with Crippen molar-refractivity contribution in [2.75, 3.05) is 25.9 Å². The molecule has 278 valence electrons. The number of anilines is 1. The van der Waals surface area contributed by atoms with Crippen LogP contribution in [-0.4, -0.2) is 60.1 Å². The Hall–Kier alpha value is -5.07. The summed E-state index contributed by atoms with van der Waals surface area (Å²) in [5.74, 6) is -0.299. The molecule has 1 amide bonds. The van der Waals surface area contributed by atoms with E-state index >= 15 is 0 Å². The Labute approximate surface area is 322 Å². The number of carbonyl (C=O) groups is 1. The summed E-state index contributed by atoms with van der Waals surface area (Å²) in [7, 11) is -2.45. The van der Waals surface area contributed by atoms with Gasteiger partial charge in [0.2, 0.25) is 10.0 Å². The molecule has 1 atom stereocenters. The van der Waals surface area contributed by atoms with Crippen molar-refractivity contribution < 1.29 is 13.2 Å². The number of nitrogens with zero attached hydrogens (tertiary/aromatic N) is 4. The summed E-state index contributed by atoms with van der Waals surface area (Å²) in [6.07, 6.45) is 5.21. The van der Waals surface area contributed by atoms with Crippen LogP contribution in [0.2, 0.25) is 0 Å². The summed E-state index contributed by atoms with van der Waals surface area (Å²) in [6, 6.07) is 39.2. The molecule has 4 aromatic carbocycles. The van der Waals surface area contributed by atoms with E-state index in [9.17, 15) is 13.2 Å². The minimum Gasteiger partial charge on any atom is -0.397 e. The van der Waals surface area contributed by atoms with Crippen molar-refractivity contribution in [2.45, 2.75) is 55.5 Å². The smallest absolute Gasteiger partial charge is 0.254 e. The van der Waals surface area contributed by atoms with Gasteiger partial charge in [0.25, 0.3) is 5.91 Å². The predicted octanol–water partition coefficient (Wildman–Crippen LogP) is 7.48. The Balaban J connectivity index is 1.19. The Morgan fingerprint density at radius 1 is 0.870 bits per heavy atom. The van der Waals surface area contributed by atoms with Crippen molar-refractivity contribution in [3.05, 3.63) is 161 Å². The van der Waals surface area contributed by atoms with Crippen molar-refractivity contribution in [1.82, 2.24) is 24.3 Å². The van der Waals surface area contributed by atoms with Crippen LogP contribution in [0.1, 0.15) is 53.8 Å². The van der Waals surface area contributed by atoms with E-state index in [4.69, 9.17) is 10.7 Å². The third-order valence-electron chi connectivity index (χ3n) is 10.5. The van der Waals surface area contributed by atoms with Crippen LogP contribution < -0.4 is 10.5 Å². The van der Waals surface area contributed by atoms with E-state index in [1.807, 2.05) is 53.1 Å². The van der Waals surface area contributed by atoms with Gasteiger partial charge in [0, 0.05) is 36.3 Å². The van der Waals surface area contributed by atoms with Crippen molar-refractivity contribution in [3.8, 4) is 10.4 Å². The highest BCUT2D eigenvalue weighted by atomic mass is 32.2. The van der Waals surface area contributed by atoms with Crippen LogP contribution in [0.25, 0.3) is 10.4 Å². The predicted molar refractivity (Wildman–Crippen MR) is 216 cm³/mol. The first kappa shape index (κ1) is 37.3. The molecule has 1 aliphatic rings. The molecule has 0 radical (unpaired) electrons. The number of hydrogen-bond acceptors (Lipinski definition) is 7. The first-order chi connectivity index (χ1) is 26.2. The number of likely N-dealkylation sites (N-methyl/N-ethyl adjacent to an activating group) is 1. The number of aromatic nitrogens is 2. The molecule has 0 bridgehead atoms. The molecule has 0 saturated carbocycles. The molecule has 1 fully saturated rings. The van der Waals surface area contributed by atoms with E-state index in [1.54, 1.807) is 18.1 Å². The molecule has 6 aromatic rings. The summed E-state index contributed by atoms with van der Waals surface area (Å²) < 4.78 is 33.1. The van der Waals surface area contributed by atoms with E-state index in [0.29, 0.717) is 18.4 Å². The van der Waals surface area contributed by atoms with Gasteiger partial charge in [-0.3, -0.25) is 9.80 Å². The fourth-order valence-corrected chi connectivity index (χ4v) is 9.88. The van der Waals surface area contributed by atoms with Gasteiger partial charge in [-0.1, -0.05) is 109 Å². The third kappa shape index (κ3) is 7.24. The van der Waals surface area contributed by atoms with Gasteiger partial charge in [-0.2, -0.15) is 4.72 Å². The quantitative estimate of drug-likeness (QED) is 0.0880. The topological polar surface area (TPSA) is 114 Å². The fourth-order valence-electron chi connectivity index (χ4n) is 7.73. The van der Waals surface area contributed by atoms with Crippen LogP contribution in [0.3, 0.4) is 0 Å². The standard InChI is InChI=1S/C43H46N6O3S2/c1-32-37(45-31-49(32)43(33-17-6-3-7-18-33,34-19-8-4-9-20-34)35-21-10-5-11-22-35)24-15-25-38(42(50)47(2)48-28-12-13-29-48)46-54(51,52)40-27-14-23-36(41(40)44)39-26-16-30-53-39/h3-11,14,16-23,26-27,30-31,38,46H,12-13,15,24-25,28-29,44H2,1-2H3/t38-/m0/s1. The molecule has 7 rings (SSSR count).